The minimum Gasteiger partial charge on any atom is -0.341 e. The number of nitrogens with zero attached hydrogens (tertiary/aromatic N) is 2. The van der Waals surface area contributed by atoms with Gasteiger partial charge in [-0.2, -0.15) is 0 Å². The van der Waals surface area contributed by atoms with Crippen molar-refractivity contribution < 1.29 is 4.79 Å². The molecule has 3 nitrogen and oxygen atoms in total. The van der Waals surface area contributed by atoms with Gasteiger partial charge in [0.05, 0.1) is 5.41 Å². The molecule has 1 aliphatic heterocycles. The van der Waals surface area contributed by atoms with E-state index in [1.165, 1.54) is 38.5 Å². The molecule has 4 saturated carbocycles. The summed E-state index contributed by atoms with van der Waals surface area (Å²) in [7, 11) is 0. The summed E-state index contributed by atoms with van der Waals surface area (Å²) in [5.74, 6) is 3.49. The molecule has 1 aromatic heterocycles. The molecule has 5 fully saturated rings. The third kappa shape index (κ3) is 1.87. The molecule has 0 atom stereocenters. The quantitative estimate of drug-likeness (QED) is 0.839. The van der Waals surface area contributed by atoms with E-state index in [0.717, 1.165) is 36.5 Å². The summed E-state index contributed by atoms with van der Waals surface area (Å²) in [5.41, 5.74) is 1.18. The molecule has 0 aromatic carbocycles. The Bertz CT molecular complexity index is 555. The van der Waals surface area contributed by atoms with Crippen molar-refractivity contribution >= 4 is 5.91 Å². The predicted molar refractivity (Wildman–Crippen MR) is 84.2 cm³/mol. The fourth-order valence-corrected chi connectivity index (χ4v) is 6.16. The highest BCUT2D eigenvalue weighted by Crippen LogP contribution is 2.60. The molecule has 22 heavy (non-hydrogen) atoms. The maximum absolute atomic E-state index is 13.2. The van der Waals surface area contributed by atoms with Gasteiger partial charge >= 0.3 is 0 Å². The van der Waals surface area contributed by atoms with Gasteiger partial charge in [-0.25, -0.2) is 0 Å². The lowest BCUT2D eigenvalue weighted by Crippen LogP contribution is -2.59. The molecule has 2 heterocycles. The number of pyridine rings is 1. The molecule has 116 valence electrons. The molecule has 4 aliphatic carbocycles. The minimum atomic E-state index is 0.0316. The highest BCUT2D eigenvalue weighted by atomic mass is 16.2. The topological polar surface area (TPSA) is 33.2 Å². The lowest BCUT2D eigenvalue weighted by atomic mass is 9.49. The van der Waals surface area contributed by atoms with Crippen molar-refractivity contribution in [3.05, 3.63) is 30.1 Å². The summed E-state index contributed by atoms with van der Waals surface area (Å²) in [6.07, 6.45) is 9.63. The molecule has 0 spiro atoms. The minimum absolute atomic E-state index is 0.0316. The molecule has 1 amide bonds. The molecule has 1 aromatic rings. The number of rotatable bonds is 2. The maximum atomic E-state index is 13.2. The summed E-state index contributed by atoms with van der Waals surface area (Å²) >= 11 is 0. The Balaban J connectivity index is 1.30. The summed E-state index contributed by atoms with van der Waals surface area (Å²) in [6.45, 7) is 1.77. The predicted octanol–water partition coefficient (Wildman–Crippen LogP) is 3.22. The molecule has 6 rings (SSSR count). The van der Waals surface area contributed by atoms with Crippen LogP contribution in [-0.4, -0.2) is 28.9 Å². The molecular formula is C19H24N2O. The number of hydrogen-bond acceptors (Lipinski definition) is 2. The third-order valence-corrected chi connectivity index (χ3v) is 6.77. The molecule has 5 aliphatic rings. The second-order valence-electron chi connectivity index (χ2n) is 8.36. The van der Waals surface area contributed by atoms with E-state index in [0.29, 0.717) is 11.8 Å². The Labute approximate surface area is 132 Å². The highest BCUT2D eigenvalue weighted by Gasteiger charge is 2.56. The molecule has 3 heteroatoms. The van der Waals surface area contributed by atoms with Gasteiger partial charge < -0.3 is 4.90 Å². The summed E-state index contributed by atoms with van der Waals surface area (Å²) in [5, 5.41) is 0. The van der Waals surface area contributed by atoms with Crippen LogP contribution in [0.2, 0.25) is 0 Å². The van der Waals surface area contributed by atoms with E-state index in [1.807, 2.05) is 18.3 Å². The van der Waals surface area contributed by atoms with Gasteiger partial charge in [-0.1, -0.05) is 6.07 Å². The Morgan fingerprint density at radius 2 is 1.68 bits per heavy atom. The van der Waals surface area contributed by atoms with E-state index in [9.17, 15) is 4.79 Å². The van der Waals surface area contributed by atoms with Crippen molar-refractivity contribution in [1.82, 2.24) is 9.88 Å². The Kier molecular flexibility index (Phi) is 2.71. The molecule has 4 bridgehead atoms. The second kappa shape index (κ2) is 4.56. The van der Waals surface area contributed by atoms with Crippen LogP contribution in [0.15, 0.2) is 24.4 Å². The monoisotopic (exact) mass is 296 g/mol. The second-order valence-corrected chi connectivity index (χ2v) is 8.36. The van der Waals surface area contributed by atoms with Crippen LogP contribution in [0.5, 0.6) is 0 Å². The lowest BCUT2D eigenvalue weighted by Gasteiger charge is -2.57. The number of hydrogen-bond donors (Lipinski definition) is 0. The van der Waals surface area contributed by atoms with E-state index < -0.39 is 0 Å². The average Bonchev–Trinajstić information content (AvgIpc) is 2.45. The van der Waals surface area contributed by atoms with Crippen LogP contribution < -0.4 is 0 Å². The lowest BCUT2D eigenvalue weighted by molar-refractivity contribution is -0.162. The Morgan fingerprint density at radius 3 is 2.23 bits per heavy atom. The first-order chi connectivity index (χ1) is 10.7. The molecule has 0 N–H and O–H groups in total. The third-order valence-electron chi connectivity index (χ3n) is 6.77. The number of carbonyl (C=O) groups excluding carboxylic acids is 1. The first-order valence-corrected chi connectivity index (χ1v) is 8.92. The van der Waals surface area contributed by atoms with Gasteiger partial charge in [0.1, 0.15) is 0 Å². The van der Waals surface area contributed by atoms with Crippen molar-refractivity contribution in [3.8, 4) is 0 Å². The number of carbonyl (C=O) groups is 1. The van der Waals surface area contributed by atoms with Crippen LogP contribution in [0, 0.1) is 23.2 Å². The zero-order valence-corrected chi connectivity index (χ0v) is 13.1. The first-order valence-electron chi connectivity index (χ1n) is 8.92. The smallest absolute Gasteiger partial charge is 0.228 e. The normalized spacial score (nSPS) is 39.8. The number of aromatic nitrogens is 1. The van der Waals surface area contributed by atoms with Crippen molar-refractivity contribution in [2.45, 2.75) is 44.4 Å². The number of likely N-dealkylation sites (tertiary alicyclic amines) is 1. The SMILES string of the molecule is O=C(N1CC(c2ccccn2)C1)C12CC3CC(CC(C3)C1)C2. The standard InChI is InChI=1S/C19H24N2O/c22-18(21-11-16(12-21)17-3-1-2-4-20-17)19-8-13-5-14(9-19)7-15(6-13)10-19/h1-4,13-16H,5-12H2. The first kappa shape index (κ1) is 13.1. The van der Waals surface area contributed by atoms with Crippen LogP contribution in [0.3, 0.4) is 0 Å². The van der Waals surface area contributed by atoms with Gasteiger partial charge in [-0.3, -0.25) is 9.78 Å². The number of amides is 1. The molecule has 0 radical (unpaired) electrons. The van der Waals surface area contributed by atoms with Crippen molar-refractivity contribution in [1.29, 1.82) is 0 Å². The zero-order chi connectivity index (χ0) is 14.7. The van der Waals surface area contributed by atoms with Gasteiger partial charge in [-0.05, 0) is 68.4 Å². The fourth-order valence-electron chi connectivity index (χ4n) is 6.16. The van der Waals surface area contributed by atoms with Crippen molar-refractivity contribution in [2.24, 2.45) is 23.2 Å². The van der Waals surface area contributed by atoms with E-state index in [4.69, 9.17) is 0 Å². The van der Waals surface area contributed by atoms with Gasteiger partial charge in [0.2, 0.25) is 5.91 Å². The van der Waals surface area contributed by atoms with E-state index in [1.54, 1.807) is 0 Å². The highest BCUT2D eigenvalue weighted by molar-refractivity contribution is 5.84. The Hall–Kier alpha value is -1.38. The summed E-state index contributed by atoms with van der Waals surface area (Å²) in [4.78, 5) is 19.7. The van der Waals surface area contributed by atoms with Crippen LogP contribution in [0.25, 0.3) is 0 Å². The molecule has 0 unspecified atom stereocenters. The van der Waals surface area contributed by atoms with Crippen LogP contribution in [0.4, 0.5) is 0 Å². The average molecular weight is 296 g/mol. The van der Waals surface area contributed by atoms with Gasteiger partial charge in [0.15, 0.2) is 0 Å². The zero-order valence-electron chi connectivity index (χ0n) is 13.1. The molecular weight excluding hydrogens is 272 g/mol. The summed E-state index contributed by atoms with van der Waals surface area (Å²) in [6, 6.07) is 6.10. The maximum Gasteiger partial charge on any atom is 0.228 e. The van der Waals surface area contributed by atoms with Crippen LogP contribution in [0.1, 0.15) is 50.1 Å². The van der Waals surface area contributed by atoms with Gasteiger partial charge in [0.25, 0.3) is 0 Å². The van der Waals surface area contributed by atoms with E-state index in [2.05, 4.69) is 16.0 Å². The van der Waals surface area contributed by atoms with Gasteiger partial charge in [0, 0.05) is 30.9 Å². The Morgan fingerprint density at radius 1 is 1.05 bits per heavy atom. The van der Waals surface area contributed by atoms with Gasteiger partial charge in [-0.15, -0.1) is 0 Å². The fraction of sp³-hybridized carbons (Fsp3) is 0.684. The molecule has 1 saturated heterocycles. The van der Waals surface area contributed by atoms with Crippen LogP contribution in [-0.2, 0) is 4.79 Å². The van der Waals surface area contributed by atoms with Crippen molar-refractivity contribution in [3.63, 3.8) is 0 Å². The largest absolute Gasteiger partial charge is 0.341 e. The van der Waals surface area contributed by atoms with E-state index in [-0.39, 0.29) is 5.41 Å². The van der Waals surface area contributed by atoms with Crippen LogP contribution >= 0.6 is 0 Å². The summed E-state index contributed by atoms with van der Waals surface area (Å²) < 4.78 is 0. The van der Waals surface area contributed by atoms with E-state index >= 15 is 0 Å². The van der Waals surface area contributed by atoms with Crippen molar-refractivity contribution in [2.75, 3.05) is 13.1 Å².